The third kappa shape index (κ3) is 1.36. The van der Waals surface area contributed by atoms with Crippen molar-refractivity contribution in [2.45, 2.75) is 6.18 Å². The summed E-state index contributed by atoms with van der Waals surface area (Å²) in [7, 11) is 0. The maximum atomic E-state index is 12.2. The molecule has 4 nitrogen and oxygen atoms in total. The smallest absolute Gasteiger partial charge is 0.288 e. The SMILES string of the molecule is O=c1ccn2[nH]c(C(F)(F)F)cc2n1. The van der Waals surface area contributed by atoms with Gasteiger partial charge < -0.3 is 0 Å². The summed E-state index contributed by atoms with van der Waals surface area (Å²) in [6.07, 6.45) is -3.27. The van der Waals surface area contributed by atoms with E-state index in [1.807, 2.05) is 0 Å². The number of nitrogens with one attached hydrogen (secondary N) is 1. The Hall–Kier alpha value is -1.79. The van der Waals surface area contributed by atoms with Gasteiger partial charge in [0.2, 0.25) is 0 Å². The number of aromatic amines is 1. The van der Waals surface area contributed by atoms with Gasteiger partial charge in [-0.25, -0.2) is 4.52 Å². The molecular weight excluding hydrogens is 199 g/mol. The largest absolute Gasteiger partial charge is 0.432 e. The third-order valence-electron chi connectivity index (χ3n) is 1.66. The van der Waals surface area contributed by atoms with E-state index >= 15 is 0 Å². The monoisotopic (exact) mass is 203 g/mol. The summed E-state index contributed by atoms with van der Waals surface area (Å²) in [6.45, 7) is 0. The fourth-order valence-corrected chi connectivity index (χ4v) is 1.05. The van der Waals surface area contributed by atoms with E-state index in [1.54, 1.807) is 0 Å². The first-order chi connectivity index (χ1) is 6.47. The Bertz CT molecular complexity index is 525. The first kappa shape index (κ1) is 8.79. The quantitative estimate of drug-likeness (QED) is 0.695. The minimum absolute atomic E-state index is 0.0511. The van der Waals surface area contributed by atoms with Crippen LogP contribution in [0.5, 0.6) is 0 Å². The lowest BCUT2D eigenvalue weighted by Gasteiger charge is -2.00. The molecule has 0 spiro atoms. The zero-order valence-corrected chi connectivity index (χ0v) is 6.67. The van der Waals surface area contributed by atoms with Crippen LogP contribution in [0.2, 0.25) is 0 Å². The van der Waals surface area contributed by atoms with Gasteiger partial charge in [0.25, 0.3) is 5.56 Å². The molecule has 0 bridgehead atoms. The van der Waals surface area contributed by atoms with Gasteiger partial charge >= 0.3 is 6.18 Å². The molecular formula is C7H4F3N3O. The van der Waals surface area contributed by atoms with Gasteiger partial charge in [0.15, 0.2) is 5.65 Å². The Kier molecular flexibility index (Phi) is 1.63. The molecule has 74 valence electrons. The molecule has 1 N–H and O–H groups in total. The second-order valence-corrected chi connectivity index (χ2v) is 2.66. The molecule has 2 aromatic rings. The van der Waals surface area contributed by atoms with Crippen LogP contribution >= 0.6 is 0 Å². The molecule has 2 heterocycles. The van der Waals surface area contributed by atoms with E-state index in [0.717, 1.165) is 16.6 Å². The second-order valence-electron chi connectivity index (χ2n) is 2.66. The highest BCUT2D eigenvalue weighted by molar-refractivity contribution is 5.38. The average molecular weight is 203 g/mol. The van der Waals surface area contributed by atoms with E-state index < -0.39 is 17.4 Å². The maximum absolute atomic E-state index is 12.2. The zero-order chi connectivity index (χ0) is 10.3. The molecule has 0 amide bonds. The molecule has 0 fully saturated rings. The van der Waals surface area contributed by atoms with Crippen LogP contribution in [0.15, 0.2) is 23.1 Å². The molecule has 7 heteroatoms. The number of fused-ring (bicyclic) bond motifs is 1. The van der Waals surface area contributed by atoms with Gasteiger partial charge in [-0.15, -0.1) is 0 Å². The summed E-state index contributed by atoms with van der Waals surface area (Å²) in [5, 5.41) is 2.05. The van der Waals surface area contributed by atoms with Gasteiger partial charge in [0.05, 0.1) is 0 Å². The molecule has 0 radical (unpaired) electrons. The minimum atomic E-state index is -4.46. The molecule has 2 rings (SSSR count). The van der Waals surface area contributed by atoms with Gasteiger partial charge in [-0.05, 0) is 0 Å². The Labute approximate surface area is 75.0 Å². The molecule has 0 aliphatic carbocycles. The van der Waals surface area contributed by atoms with Crippen LogP contribution in [-0.2, 0) is 6.18 Å². The van der Waals surface area contributed by atoms with E-state index in [0.29, 0.717) is 0 Å². The normalized spacial score (nSPS) is 12.2. The fraction of sp³-hybridized carbons (Fsp3) is 0.143. The average Bonchev–Trinajstić information content (AvgIpc) is 2.45. The van der Waals surface area contributed by atoms with Crippen LogP contribution in [0.4, 0.5) is 13.2 Å². The summed E-state index contributed by atoms with van der Waals surface area (Å²) in [6, 6.07) is 1.85. The summed E-state index contributed by atoms with van der Waals surface area (Å²) < 4.78 is 37.6. The van der Waals surface area contributed by atoms with E-state index in [2.05, 4.69) is 10.1 Å². The van der Waals surface area contributed by atoms with Gasteiger partial charge in [-0.1, -0.05) is 0 Å². The number of hydrogen-bond acceptors (Lipinski definition) is 2. The minimum Gasteiger partial charge on any atom is -0.288 e. The van der Waals surface area contributed by atoms with Crippen LogP contribution in [0.25, 0.3) is 5.65 Å². The Balaban J connectivity index is 2.69. The van der Waals surface area contributed by atoms with Crippen molar-refractivity contribution in [3.8, 4) is 0 Å². The Morgan fingerprint density at radius 2 is 2.14 bits per heavy atom. The summed E-state index contributed by atoms with van der Waals surface area (Å²) in [5.41, 5.74) is -1.56. The molecule has 0 saturated heterocycles. The number of H-pyrrole nitrogens is 1. The lowest BCUT2D eigenvalue weighted by atomic mass is 10.4. The van der Waals surface area contributed by atoms with Crippen molar-refractivity contribution in [2.75, 3.05) is 0 Å². The number of aromatic nitrogens is 3. The number of nitrogens with zero attached hydrogens (tertiary/aromatic N) is 2. The van der Waals surface area contributed by atoms with Crippen LogP contribution in [-0.4, -0.2) is 14.6 Å². The van der Waals surface area contributed by atoms with Crippen molar-refractivity contribution in [1.82, 2.24) is 14.6 Å². The number of alkyl halides is 3. The predicted molar refractivity (Wildman–Crippen MR) is 40.8 cm³/mol. The fourth-order valence-electron chi connectivity index (χ4n) is 1.05. The number of rotatable bonds is 0. The van der Waals surface area contributed by atoms with E-state index in [-0.39, 0.29) is 5.65 Å². The Morgan fingerprint density at radius 3 is 2.79 bits per heavy atom. The highest BCUT2D eigenvalue weighted by Crippen LogP contribution is 2.27. The van der Waals surface area contributed by atoms with Crippen molar-refractivity contribution < 1.29 is 13.2 Å². The van der Waals surface area contributed by atoms with Crippen LogP contribution < -0.4 is 5.56 Å². The molecule has 0 saturated carbocycles. The second kappa shape index (κ2) is 2.60. The lowest BCUT2D eigenvalue weighted by molar-refractivity contribution is -0.141. The van der Waals surface area contributed by atoms with Gasteiger partial charge in [-0.3, -0.25) is 9.89 Å². The molecule has 0 aliphatic heterocycles. The van der Waals surface area contributed by atoms with Crippen molar-refractivity contribution in [3.63, 3.8) is 0 Å². The lowest BCUT2D eigenvalue weighted by Crippen LogP contribution is -2.06. The van der Waals surface area contributed by atoms with Crippen molar-refractivity contribution in [3.05, 3.63) is 34.4 Å². The maximum Gasteiger partial charge on any atom is 0.432 e. The highest BCUT2D eigenvalue weighted by atomic mass is 19.4. The number of halogens is 3. The summed E-state index contributed by atoms with van der Waals surface area (Å²) in [4.78, 5) is 14.1. The molecule has 14 heavy (non-hydrogen) atoms. The summed E-state index contributed by atoms with van der Waals surface area (Å²) in [5.74, 6) is 0. The van der Waals surface area contributed by atoms with Crippen LogP contribution in [0.1, 0.15) is 5.69 Å². The molecule has 0 aliphatic rings. The van der Waals surface area contributed by atoms with E-state index in [1.165, 1.54) is 6.20 Å². The first-order valence-electron chi connectivity index (χ1n) is 3.62. The molecule has 0 aromatic carbocycles. The molecule has 2 aromatic heterocycles. The van der Waals surface area contributed by atoms with Gasteiger partial charge in [-0.2, -0.15) is 18.2 Å². The van der Waals surface area contributed by atoms with Gasteiger partial charge in [0, 0.05) is 18.3 Å². The standard InChI is InChI=1S/C7H4F3N3O/c8-7(9,10)4-3-5-11-6(14)1-2-13(5)12-4/h1-3,12H. The predicted octanol–water partition coefficient (Wildman–Crippen LogP) is 1.04. The van der Waals surface area contributed by atoms with Gasteiger partial charge in [0.1, 0.15) is 5.69 Å². The highest BCUT2D eigenvalue weighted by Gasteiger charge is 2.32. The zero-order valence-electron chi connectivity index (χ0n) is 6.67. The first-order valence-corrected chi connectivity index (χ1v) is 3.62. The molecule has 0 unspecified atom stereocenters. The van der Waals surface area contributed by atoms with Crippen LogP contribution in [0, 0.1) is 0 Å². The van der Waals surface area contributed by atoms with E-state index in [9.17, 15) is 18.0 Å². The molecule has 0 atom stereocenters. The van der Waals surface area contributed by atoms with Crippen molar-refractivity contribution in [2.24, 2.45) is 0 Å². The number of hydrogen-bond donors (Lipinski definition) is 1. The Morgan fingerprint density at radius 1 is 1.43 bits per heavy atom. The van der Waals surface area contributed by atoms with Crippen molar-refractivity contribution >= 4 is 5.65 Å². The summed E-state index contributed by atoms with van der Waals surface area (Å²) >= 11 is 0. The van der Waals surface area contributed by atoms with Crippen LogP contribution in [0.3, 0.4) is 0 Å². The van der Waals surface area contributed by atoms with Crippen molar-refractivity contribution in [1.29, 1.82) is 0 Å². The topological polar surface area (TPSA) is 50.2 Å². The van der Waals surface area contributed by atoms with E-state index in [4.69, 9.17) is 0 Å². The third-order valence-corrected chi connectivity index (χ3v) is 1.66.